The Labute approximate surface area is 179 Å². The number of hydrogen-bond donors (Lipinski definition) is 2. The number of sulfonamides is 1. The number of nitrogens with zero attached hydrogens (tertiary/aromatic N) is 2. The van der Waals surface area contributed by atoms with Crippen LogP contribution >= 0.6 is 0 Å². The number of hydrogen-bond acceptors (Lipinski definition) is 6. The van der Waals surface area contributed by atoms with Crippen molar-refractivity contribution in [3.05, 3.63) is 89.5 Å². The van der Waals surface area contributed by atoms with Crippen molar-refractivity contribution in [2.75, 3.05) is 11.8 Å². The summed E-state index contributed by atoms with van der Waals surface area (Å²) in [6.07, 6.45) is 1.42. The van der Waals surface area contributed by atoms with E-state index in [1.165, 1.54) is 37.6 Å². The van der Waals surface area contributed by atoms with Crippen LogP contribution in [0.2, 0.25) is 0 Å². The van der Waals surface area contributed by atoms with E-state index in [-0.39, 0.29) is 10.5 Å². The van der Waals surface area contributed by atoms with Crippen molar-refractivity contribution in [1.82, 2.24) is 5.43 Å². The smallest absolute Gasteiger partial charge is 0.271 e. The van der Waals surface area contributed by atoms with E-state index in [1.807, 2.05) is 6.07 Å². The van der Waals surface area contributed by atoms with Crippen LogP contribution in [0.1, 0.15) is 21.5 Å². The van der Waals surface area contributed by atoms with Crippen molar-refractivity contribution in [3.8, 4) is 11.8 Å². The molecule has 156 valence electrons. The van der Waals surface area contributed by atoms with Gasteiger partial charge in [0.1, 0.15) is 5.75 Å². The molecule has 0 aromatic heterocycles. The third-order valence-electron chi connectivity index (χ3n) is 4.17. The molecule has 9 heteroatoms. The van der Waals surface area contributed by atoms with E-state index in [2.05, 4.69) is 15.2 Å². The first-order valence-electron chi connectivity index (χ1n) is 9.02. The number of amides is 1. The number of carbonyl (C=O) groups excluding carboxylic acids is 1. The normalized spacial score (nSPS) is 11.0. The molecule has 2 N–H and O–H groups in total. The molecule has 0 spiro atoms. The topological polar surface area (TPSA) is 121 Å². The lowest BCUT2D eigenvalue weighted by atomic mass is 10.2. The van der Waals surface area contributed by atoms with Crippen LogP contribution in [0, 0.1) is 11.3 Å². The minimum absolute atomic E-state index is 0.0629. The van der Waals surface area contributed by atoms with Crippen molar-refractivity contribution >= 4 is 27.8 Å². The monoisotopic (exact) mass is 434 g/mol. The first-order valence-corrected chi connectivity index (χ1v) is 10.5. The molecule has 0 atom stereocenters. The Kier molecular flexibility index (Phi) is 6.64. The van der Waals surface area contributed by atoms with Crippen LogP contribution in [-0.4, -0.2) is 27.6 Å². The Balaban J connectivity index is 1.69. The summed E-state index contributed by atoms with van der Waals surface area (Å²) < 4.78 is 32.8. The average molecular weight is 434 g/mol. The molecular formula is C22H18N4O4S. The number of benzene rings is 3. The van der Waals surface area contributed by atoms with Gasteiger partial charge >= 0.3 is 0 Å². The van der Waals surface area contributed by atoms with E-state index >= 15 is 0 Å². The first-order chi connectivity index (χ1) is 14.9. The molecule has 0 saturated heterocycles. The molecule has 3 rings (SSSR count). The molecule has 0 unspecified atom stereocenters. The van der Waals surface area contributed by atoms with E-state index in [4.69, 9.17) is 10.00 Å². The Morgan fingerprint density at radius 3 is 2.42 bits per heavy atom. The van der Waals surface area contributed by atoms with Crippen LogP contribution in [0.15, 0.2) is 82.8 Å². The molecule has 0 radical (unpaired) electrons. The average Bonchev–Trinajstić information content (AvgIpc) is 2.80. The van der Waals surface area contributed by atoms with E-state index < -0.39 is 15.9 Å². The highest BCUT2D eigenvalue weighted by Gasteiger charge is 2.16. The van der Waals surface area contributed by atoms with Crippen molar-refractivity contribution in [3.63, 3.8) is 0 Å². The van der Waals surface area contributed by atoms with Gasteiger partial charge in [0, 0.05) is 11.3 Å². The van der Waals surface area contributed by atoms with Crippen molar-refractivity contribution in [2.45, 2.75) is 4.90 Å². The fourth-order valence-corrected chi connectivity index (χ4v) is 3.66. The number of nitrogens with one attached hydrogen (secondary N) is 2. The number of methoxy groups -OCH3 is 1. The predicted octanol–water partition coefficient (Wildman–Crippen LogP) is 3.13. The third-order valence-corrected chi connectivity index (χ3v) is 5.55. The second kappa shape index (κ2) is 9.56. The summed E-state index contributed by atoms with van der Waals surface area (Å²) in [5, 5.41) is 12.7. The standard InChI is InChI=1S/C22H18N4O4S/c1-30-20-11-9-19(10-12-20)26-31(28,29)21-4-2-3-18(13-21)22(27)25-24-15-17-7-5-16(14-23)6-8-17/h2-13,15,26H,1H3,(H,25,27)/b24-15+. The van der Waals surface area contributed by atoms with E-state index in [0.29, 0.717) is 22.6 Å². The molecule has 3 aromatic rings. The zero-order valence-corrected chi connectivity index (χ0v) is 17.3. The van der Waals surface area contributed by atoms with Gasteiger partial charge in [-0.05, 0) is 60.2 Å². The summed E-state index contributed by atoms with van der Waals surface area (Å²) in [4.78, 5) is 12.3. The fourth-order valence-electron chi connectivity index (χ4n) is 2.55. The molecule has 31 heavy (non-hydrogen) atoms. The summed E-state index contributed by atoms with van der Waals surface area (Å²) in [7, 11) is -2.38. The van der Waals surface area contributed by atoms with Gasteiger partial charge in [0.25, 0.3) is 15.9 Å². The van der Waals surface area contributed by atoms with Gasteiger partial charge in [-0.1, -0.05) is 18.2 Å². The maximum Gasteiger partial charge on any atom is 0.271 e. The highest BCUT2D eigenvalue weighted by molar-refractivity contribution is 7.92. The van der Waals surface area contributed by atoms with Crippen molar-refractivity contribution < 1.29 is 17.9 Å². The van der Waals surface area contributed by atoms with Gasteiger partial charge in [0.05, 0.1) is 29.9 Å². The highest BCUT2D eigenvalue weighted by atomic mass is 32.2. The van der Waals surface area contributed by atoms with Gasteiger partial charge in [-0.3, -0.25) is 9.52 Å². The van der Waals surface area contributed by atoms with Gasteiger partial charge in [0.15, 0.2) is 0 Å². The van der Waals surface area contributed by atoms with Gasteiger partial charge in [-0.2, -0.15) is 10.4 Å². The Morgan fingerprint density at radius 1 is 1.06 bits per heavy atom. The van der Waals surface area contributed by atoms with Crippen LogP contribution < -0.4 is 14.9 Å². The maximum atomic E-state index is 12.7. The minimum Gasteiger partial charge on any atom is -0.497 e. The van der Waals surface area contributed by atoms with Crippen LogP contribution in [0.25, 0.3) is 0 Å². The molecule has 0 aliphatic rings. The molecule has 0 bridgehead atoms. The molecule has 0 aliphatic heterocycles. The van der Waals surface area contributed by atoms with E-state index in [0.717, 1.165) is 0 Å². The fraction of sp³-hybridized carbons (Fsp3) is 0.0455. The lowest BCUT2D eigenvalue weighted by Crippen LogP contribution is -2.19. The van der Waals surface area contributed by atoms with Crippen LogP contribution in [-0.2, 0) is 10.0 Å². The van der Waals surface area contributed by atoms with Gasteiger partial charge < -0.3 is 4.74 Å². The Hall–Kier alpha value is -4.16. The van der Waals surface area contributed by atoms with Crippen molar-refractivity contribution in [2.24, 2.45) is 5.10 Å². The SMILES string of the molecule is COc1ccc(NS(=O)(=O)c2cccc(C(=O)N/N=C/c3ccc(C#N)cc3)c2)cc1. The van der Waals surface area contributed by atoms with Gasteiger partial charge in [-0.15, -0.1) is 0 Å². The summed E-state index contributed by atoms with van der Waals surface area (Å²) >= 11 is 0. The number of hydrazone groups is 1. The summed E-state index contributed by atoms with van der Waals surface area (Å²) in [6.45, 7) is 0. The number of carbonyl (C=O) groups is 1. The van der Waals surface area contributed by atoms with E-state index in [9.17, 15) is 13.2 Å². The second-order valence-corrected chi connectivity index (χ2v) is 7.98. The Morgan fingerprint density at radius 2 is 1.77 bits per heavy atom. The molecule has 0 aliphatic carbocycles. The Bertz CT molecular complexity index is 1250. The van der Waals surface area contributed by atoms with Gasteiger partial charge in [-0.25, -0.2) is 13.8 Å². The van der Waals surface area contributed by atoms with Crippen LogP contribution in [0.5, 0.6) is 5.75 Å². The van der Waals surface area contributed by atoms with Gasteiger partial charge in [0.2, 0.25) is 0 Å². The van der Waals surface area contributed by atoms with E-state index in [1.54, 1.807) is 48.5 Å². The molecule has 1 amide bonds. The summed E-state index contributed by atoms with van der Waals surface area (Å²) in [5.41, 5.74) is 4.06. The molecular weight excluding hydrogens is 416 g/mol. The summed E-state index contributed by atoms with van der Waals surface area (Å²) in [6, 6.07) is 20.7. The molecule has 8 nitrogen and oxygen atoms in total. The minimum atomic E-state index is -3.89. The molecule has 0 saturated carbocycles. The lowest BCUT2D eigenvalue weighted by Gasteiger charge is -2.09. The molecule has 0 heterocycles. The van der Waals surface area contributed by atoms with Crippen molar-refractivity contribution in [1.29, 1.82) is 5.26 Å². The largest absolute Gasteiger partial charge is 0.497 e. The number of anilines is 1. The second-order valence-electron chi connectivity index (χ2n) is 6.29. The first kappa shape index (κ1) is 21.5. The lowest BCUT2D eigenvalue weighted by molar-refractivity contribution is 0.0955. The molecule has 3 aromatic carbocycles. The quantitative estimate of drug-likeness (QED) is 0.437. The predicted molar refractivity (Wildman–Crippen MR) is 116 cm³/mol. The summed E-state index contributed by atoms with van der Waals surface area (Å²) in [5.74, 6) is 0.0366. The number of rotatable bonds is 7. The number of ether oxygens (including phenoxy) is 1. The zero-order valence-electron chi connectivity index (χ0n) is 16.4. The van der Waals surface area contributed by atoms with Crippen LogP contribution in [0.3, 0.4) is 0 Å². The van der Waals surface area contributed by atoms with Crippen LogP contribution in [0.4, 0.5) is 5.69 Å². The number of nitriles is 1. The third kappa shape index (κ3) is 5.68. The maximum absolute atomic E-state index is 12.7. The highest BCUT2D eigenvalue weighted by Crippen LogP contribution is 2.20. The molecule has 0 fully saturated rings. The zero-order chi connectivity index (χ0) is 22.3.